The van der Waals surface area contributed by atoms with E-state index in [2.05, 4.69) is 112 Å². The minimum atomic E-state index is 0.564. The summed E-state index contributed by atoms with van der Waals surface area (Å²) in [5, 5.41) is 5.34. The number of fused-ring (bicyclic) bond motifs is 11. The Bertz CT molecular complexity index is 1980. The van der Waals surface area contributed by atoms with E-state index in [0.717, 1.165) is 12.8 Å². The second-order valence-corrected chi connectivity index (χ2v) is 10.2. The summed E-state index contributed by atoms with van der Waals surface area (Å²) in [6.45, 7) is 0. The third kappa shape index (κ3) is 2.20. The molecule has 2 aliphatic heterocycles. The van der Waals surface area contributed by atoms with Crippen LogP contribution in [0.15, 0.2) is 103 Å². The minimum Gasteiger partial charge on any atom is -0.337 e. The van der Waals surface area contributed by atoms with Gasteiger partial charge in [-0.05, 0) is 65.4 Å². The number of aromatic nitrogens is 1. The summed E-state index contributed by atoms with van der Waals surface area (Å²) in [6, 6.07) is 39.1. The molecular weight excluding hydrogens is 424 g/mol. The first kappa shape index (κ1) is 18.1. The molecule has 0 N–H and O–H groups in total. The van der Waals surface area contributed by atoms with Gasteiger partial charge in [-0.15, -0.1) is 0 Å². The van der Waals surface area contributed by atoms with Crippen LogP contribution < -0.4 is 4.90 Å². The fourth-order valence-electron chi connectivity index (χ4n) is 6.96. The largest absolute Gasteiger partial charge is 0.337 e. The van der Waals surface area contributed by atoms with Crippen LogP contribution in [0.3, 0.4) is 0 Å². The van der Waals surface area contributed by atoms with Crippen LogP contribution in [0.25, 0.3) is 49.2 Å². The molecule has 1 unspecified atom stereocenters. The van der Waals surface area contributed by atoms with Crippen LogP contribution >= 0.6 is 0 Å². The normalized spacial score (nSPS) is 16.6. The third-order valence-corrected chi connectivity index (χ3v) is 8.43. The third-order valence-electron chi connectivity index (χ3n) is 8.43. The van der Waals surface area contributed by atoms with E-state index in [9.17, 15) is 0 Å². The summed E-state index contributed by atoms with van der Waals surface area (Å²) in [4.78, 5) is 2.58. The summed E-state index contributed by atoms with van der Waals surface area (Å²) in [5.74, 6) is 0. The van der Waals surface area contributed by atoms with Crippen molar-refractivity contribution in [2.24, 2.45) is 0 Å². The van der Waals surface area contributed by atoms with Gasteiger partial charge in [-0.25, -0.2) is 0 Å². The molecule has 0 fully saturated rings. The number of benzene rings is 5. The van der Waals surface area contributed by atoms with Crippen molar-refractivity contribution in [3.8, 4) is 11.1 Å². The molecule has 35 heavy (non-hydrogen) atoms. The fraction of sp³-hybridized carbons (Fsp3) is 0.0909. The molecule has 2 nitrogen and oxygen atoms in total. The molecule has 0 saturated carbocycles. The lowest BCUT2D eigenvalue weighted by atomic mass is 9.98. The van der Waals surface area contributed by atoms with Crippen LogP contribution in [0.4, 0.5) is 11.4 Å². The minimum absolute atomic E-state index is 0.564. The number of hydrogen-bond acceptors (Lipinski definition) is 1. The number of rotatable bonds is 1. The zero-order valence-electron chi connectivity index (χ0n) is 19.2. The fourth-order valence-corrected chi connectivity index (χ4v) is 6.96. The maximum absolute atomic E-state index is 2.58. The van der Waals surface area contributed by atoms with Crippen LogP contribution in [-0.2, 0) is 12.8 Å². The van der Waals surface area contributed by atoms with Crippen molar-refractivity contribution in [1.29, 1.82) is 0 Å². The molecule has 9 rings (SSSR count). The molecule has 0 bridgehead atoms. The van der Waals surface area contributed by atoms with Crippen LogP contribution in [0, 0.1) is 0 Å². The Labute approximate surface area is 203 Å². The van der Waals surface area contributed by atoms with E-state index in [0.29, 0.717) is 6.04 Å². The van der Waals surface area contributed by atoms with Crippen molar-refractivity contribution in [2.75, 3.05) is 4.90 Å². The zero-order chi connectivity index (χ0) is 22.7. The van der Waals surface area contributed by atoms with Crippen LogP contribution in [-0.4, -0.2) is 10.4 Å². The van der Waals surface area contributed by atoms with Gasteiger partial charge in [0.15, 0.2) is 0 Å². The zero-order valence-corrected chi connectivity index (χ0v) is 19.2. The molecule has 1 atom stereocenters. The van der Waals surface area contributed by atoms with Gasteiger partial charge in [0, 0.05) is 39.0 Å². The SMILES string of the molecule is c1ccc2c(c1)CC1Cc3ccc(-c4ccc5c(c4)c4cccc6c7ccccc7n5c64)cc3N21. The second-order valence-electron chi connectivity index (χ2n) is 10.2. The maximum atomic E-state index is 2.58. The molecule has 0 radical (unpaired) electrons. The molecule has 7 aromatic rings. The molecule has 164 valence electrons. The Hall–Kier alpha value is -4.30. The average Bonchev–Trinajstić information content (AvgIpc) is 3.63. The first-order chi connectivity index (χ1) is 17.3. The number of anilines is 2. The molecule has 0 spiro atoms. The Kier molecular flexibility index (Phi) is 3.21. The van der Waals surface area contributed by atoms with Crippen molar-refractivity contribution in [3.63, 3.8) is 0 Å². The lowest BCUT2D eigenvalue weighted by molar-refractivity contribution is 0.725. The van der Waals surface area contributed by atoms with Gasteiger partial charge in [0.05, 0.1) is 16.6 Å². The molecule has 0 amide bonds. The van der Waals surface area contributed by atoms with Crippen molar-refractivity contribution in [2.45, 2.75) is 18.9 Å². The highest BCUT2D eigenvalue weighted by molar-refractivity contribution is 6.23. The van der Waals surface area contributed by atoms with Gasteiger partial charge in [0.1, 0.15) is 0 Å². The van der Waals surface area contributed by atoms with Crippen molar-refractivity contribution in [1.82, 2.24) is 4.40 Å². The Balaban J connectivity index is 1.26. The van der Waals surface area contributed by atoms with Gasteiger partial charge < -0.3 is 9.30 Å². The standard InChI is InChI=1S/C33H22N2/c1-3-10-29-22(6-1)16-24-17-23-13-12-21(19-32(23)34(24)29)20-14-15-31-28(18-20)27-9-5-8-26-25-7-2-4-11-30(25)35(31)33(26)27/h1-15,18-19,24H,16-17H2. The first-order valence-corrected chi connectivity index (χ1v) is 12.5. The summed E-state index contributed by atoms with van der Waals surface area (Å²) in [7, 11) is 0. The van der Waals surface area contributed by atoms with E-state index >= 15 is 0 Å². The maximum Gasteiger partial charge on any atom is 0.0620 e. The monoisotopic (exact) mass is 446 g/mol. The van der Waals surface area contributed by atoms with Crippen molar-refractivity contribution < 1.29 is 0 Å². The van der Waals surface area contributed by atoms with Gasteiger partial charge in [-0.3, -0.25) is 0 Å². The molecule has 2 aromatic heterocycles. The summed E-state index contributed by atoms with van der Waals surface area (Å²) < 4.78 is 2.45. The smallest absolute Gasteiger partial charge is 0.0620 e. The lowest BCUT2D eigenvalue weighted by Crippen LogP contribution is -2.22. The Morgan fingerprint density at radius 3 is 2.14 bits per heavy atom. The van der Waals surface area contributed by atoms with E-state index in [-0.39, 0.29) is 0 Å². The Morgan fingerprint density at radius 1 is 0.514 bits per heavy atom. The lowest BCUT2D eigenvalue weighted by Gasteiger charge is -2.21. The highest BCUT2D eigenvalue weighted by atomic mass is 15.2. The molecular formula is C33H22N2. The predicted octanol–water partition coefficient (Wildman–Crippen LogP) is 8.12. The predicted molar refractivity (Wildman–Crippen MR) is 146 cm³/mol. The molecule has 2 heteroatoms. The van der Waals surface area contributed by atoms with E-state index in [4.69, 9.17) is 0 Å². The van der Waals surface area contributed by atoms with Gasteiger partial charge in [-0.2, -0.15) is 0 Å². The van der Waals surface area contributed by atoms with Crippen LogP contribution in [0.1, 0.15) is 11.1 Å². The summed E-state index contributed by atoms with van der Waals surface area (Å²) in [6.07, 6.45) is 2.29. The number of para-hydroxylation sites is 3. The van der Waals surface area contributed by atoms with Crippen molar-refractivity contribution in [3.05, 3.63) is 114 Å². The first-order valence-electron chi connectivity index (χ1n) is 12.5. The highest BCUT2D eigenvalue weighted by Crippen LogP contribution is 2.47. The van der Waals surface area contributed by atoms with Crippen LogP contribution in [0.2, 0.25) is 0 Å². The van der Waals surface area contributed by atoms with E-state index in [1.807, 2.05) is 0 Å². The number of hydrogen-bond donors (Lipinski definition) is 0. The molecule has 2 aliphatic rings. The molecule has 0 saturated heterocycles. The van der Waals surface area contributed by atoms with Gasteiger partial charge >= 0.3 is 0 Å². The van der Waals surface area contributed by atoms with Gasteiger partial charge in [-0.1, -0.05) is 72.8 Å². The molecule has 4 heterocycles. The van der Waals surface area contributed by atoms with Crippen LogP contribution in [0.5, 0.6) is 0 Å². The topological polar surface area (TPSA) is 7.65 Å². The summed E-state index contributed by atoms with van der Waals surface area (Å²) in [5.41, 5.74) is 12.2. The van der Waals surface area contributed by atoms with Gasteiger partial charge in [0.25, 0.3) is 0 Å². The van der Waals surface area contributed by atoms with E-state index < -0.39 is 0 Å². The number of nitrogens with zero attached hydrogens (tertiary/aromatic N) is 2. The average molecular weight is 447 g/mol. The molecule has 0 aliphatic carbocycles. The second kappa shape index (κ2) is 6.22. The highest BCUT2D eigenvalue weighted by Gasteiger charge is 2.36. The van der Waals surface area contributed by atoms with Crippen molar-refractivity contribution >= 4 is 49.5 Å². The Morgan fingerprint density at radius 2 is 1.20 bits per heavy atom. The van der Waals surface area contributed by atoms with E-state index in [1.54, 1.807) is 0 Å². The summed E-state index contributed by atoms with van der Waals surface area (Å²) >= 11 is 0. The van der Waals surface area contributed by atoms with Gasteiger partial charge in [0.2, 0.25) is 0 Å². The van der Waals surface area contributed by atoms with E-state index in [1.165, 1.54) is 71.7 Å². The quantitative estimate of drug-likeness (QED) is 0.247. The molecule has 5 aromatic carbocycles.